The summed E-state index contributed by atoms with van der Waals surface area (Å²) in [6.07, 6.45) is 25.1. The highest BCUT2D eigenvalue weighted by Gasteiger charge is 2.34. The molecule has 2 aliphatic rings. The zero-order valence-corrected chi connectivity index (χ0v) is 26.5. The number of halogens is 1. The maximum Gasteiger partial charge on any atom is 0.334 e. The van der Waals surface area contributed by atoms with Crippen molar-refractivity contribution in [2.24, 2.45) is 0 Å². The summed E-state index contributed by atoms with van der Waals surface area (Å²) in [6, 6.07) is 0. The minimum Gasteiger partial charge on any atom is -0.455 e. The van der Waals surface area contributed by atoms with Gasteiger partial charge in [0, 0.05) is 12.0 Å². The first-order chi connectivity index (χ1) is 19.9. The first-order valence-corrected chi connectivity index (χ1v) is 17.5. The molecule has 2 rings (SSSR count). The summed E-state index contributed by atoms with van der Waals surface area (Å²) in [6.45, 7) is 4.06. The van der Waals surface area contributed by atoms with E-state index in [-0.39, 0.29) is 30.7 Å². The highest BCUT2D eigenvalue weighted by atomic mass is 19.1. The summed E-state index contributed by atoms with van der Waals surface area (Å²) in [4.78, 5) is 11.6. The molecule has 1 saturated heterocycles. The van der Waals surface area contributed by atoms with E-state index in [1.807, 2.05) is 0 Å². The van der Waals surface area contributed by atoms with Gasteiger partial charge in [0.05, 0.1) is 24.4 Å². The smallest absolute Gasteiger partial charge is 0.334 e. The van der Waals surface area contributed by atoms with Crippen LogP contribution in [-0.4, -0.2) is 52.9 Å². The monoisotopic (exact) mass is 582 g/mol. The molecule has 1 fully saturated rings. The Bertz CT molecular complexity index is 698. The number of cyclic esters (lactones) is 1. The minimum atomic E-state index is -0.961. The van der Waals surface area contributed by atoms with Crippen molar-refractivity contribution in [3.63, 3.8) is 0 Å². The van der Waals surface area contributed by atoms with Gasteiger partial charge in [-0.25, -0.2) is 9.18 Å². The fraction of sp³-hybridized carbons (Fsp3) is 0.914. The Hall–Kier alpha value is -0.980. The lowest BCUT2D eigenvalue weighted by Gasteiger charge is -2.22. The van der Waals surface area contributed by atoms with Crippen LogP contribution in [0.25, 0.3) is 0 Å². The Morgan fingerprint density at radius 1 is 0.732 bits per heavy atom. The number of rotatable bonds is 26. The normalized spacial score (nSPS) is 23.0. The van der Waals surface area contributed by atoms with Crippen LogP contribution < -0.4 is 0 Å². The molecule has 5 nitrogen and oxygen atoms in total. The number of hydrogen-bond donors (Lipinski definition) is 2. The van der Waals surface area contributed by atoms with Crippen LogP contribution in [0.15, 0.2) is 11.6 Å². The Labute approximate surface area is 251 Å². The summed E-state index contributed by atoms with van der Waals surface area (Å²) in [5, 5.41) is 21.2. The second-order valence-electron chi connectivity index (χ2n) is 12.9. The molecule has 0 saturated carbocycles. The van der Waals surface area contributed by atoms with Crippen LogP contribution in [-0.2, 0) is 14.3 Å². The maximum absolute atomic E-state index is 14.1. The lowest BCUT2D eigenvalue weighted by atomic mass is 10.00. The van der Waals surface area contributed by atoms with Crippen LogP contribution in [0.2, 0.25) is 0 Å². The summed E-state index contributed by atoms with van der Waals surface area (Å²) < 4.78 is 25.2. The lowest BCUT2D eigenvalue weighted by Crippen LogP contribution is -2.31. The SMILES string of the molecule is CCCCCCCCCCCC[C@@H](O)[C@H]1CC[C@H]([C@H](O)CCCCCCCCCC[C@H](F)CC2=C[C@H](C)OC2=O)O1. The molecule has 0 aromatic rings. The lowest BCUT2D eigenvalue weighted by molar-refractivity contribution is -0.139. The van der Waals surface area contributed by atoms with Crippen molar-refractivity contribution in [3.8, 4) is 0 Å². The van der Waals surface area contributed by atoms with Gasteiger partial charge < -0.3 is 19.7 Å². The third-order valence-corrected chi connectivity index (χ3v) is 9.00. The van der Waals surface area contributed by atoms with Crippen LogP contribution in [0.1, 0.15) is 168 Å². The number of hydrogen-bond acceptors (Lipinski definition) is 5. The molecule has 0 bridgehead atoms. The summed E-state index contributed by atoms with van der Waals surface area (Å²) in [5.41, 5.74) is 0.492. The van der Waals surface area contributed by atoms with Gasteiger partial charge in [-0.15, -0.1) is 0 Å². The first-order valence-electron chi connectivity index (χ1n) is 17.5. The van der Waals surface area contributed by atoms with Crippen molar-refractivity contribution in [2.75, 3.05) is 0 Å². The predicted octanol–water partition coefficient (Wildman–Crippen LogP) is 9.07. The topological polar surface area (TPSA) is 76.0 Å². The number of alkyl halides is 1. The molecular weight excluding hydrogens is 519 g/mol. The van der Waals surface area contributed by atoms with Gasteiger partial charge in [-0.3, -0.25) is 0 Å². The van der Waals surface area contributed by atoms with E-state index in [0.29, 0.717) is 12.0 Å². The van der Waals surface area contributed by atoms with Crippen LogP contribution in [0.3, 0.4) is 0 Å². The second kappa shape index (κ2) is 22.5. The molecule has 41 heavy (non-hydrogen) atoms. The van der Waals surface area contributed by atoms with Gasteiger partial charge in [-0.2, -0.15) is 0 Å². The number of carbonyl (C=O) groups is 1. The van der Waals surface area contributed by atoms with E-state index in [1.165, 1.54) is 77.0 Å². The minimum absolute atomic E-state index is 0.110. The highest BCUT2D eigenvalue weighted by molar-refractivity contribution is 5.90. The largest absolute Gasteiger partial charge is 0.455 e. The number of aliphatic hydroxyl groups excluding tert-OH is 2. The molecule has 0 unspecified atom stereocenters. The van der Waals surface area contributed by atoms with Gasteiger partial charge in [0.25, 0.3) is 0 Å². The van der Waals surface area contributed by atoms with Crippen molar-refractivity contribution in [3.05, 3.63) is 11.6 Å². The molecule has 2 N–H and O–H groups in total. The molecule has 0 aromatic carbocycles. The molecule has 2 heterocycles. The van der Waals surface area contributed by atoms with Gasteiger partial charge in [-0.05, 0) is 45.1 Å². The molecule has 2 aliphatic heterocycles. The maximum atomic E-state index is 14.1. The molecule has 0 radical (unpaired) electrons. The van der Waals surface area contributed by atoms with Crippen LogP contribution in [0, 0.1) is 0 Å². The molecule has 0 aromatic heterocycles. The fourth-order valence-electron chi connectivity index (χ4n) is 6.37. The number of ether oxygens (including phenoxy) is 2. The molecular formula is C35H63FO5. The van der Waals surface area contributed by atoms with Crippen LogP contribution in [0.4, 0.5) is 4.39 Å². The van der Waals surface area contributed by atoms with Gasteiger partial charge in [0.15, 0.2) is 0 Å². The first kappa shape index (κ1) is 36.2. The van der Waals surface area contributed by atoms with Gasteiger partial charge >= 0.3 is 5.97 Å². The summed E-state index contributed by atoms with van der Waals surface area (Å²) in [7, 11) is 0. The average molecular weight is 583 g/mol. The van der Waals surface area contributed by atoms with Crippen molar-refractivity contribution in [1.29, 1.82) is 0 Å². The molecule has 0 aliphatic carbocycles. The Morgan fingerprint density at radius 2 is 1.15 bits per heavy atom. The van der Waals surface area contributed by atoms with Crippen molar-refractivity contribution >= 4 is 5.97 Å². The Balaban J connectivity index is 1.37. The van der Waals surface area contributed by atoms with E-state index in [1.54, 1.807) is 13.0 Å². The second-order valence-corrected chi connectivity index (χ2v) is 12.9. The number of unbranched alkanes of at least 4 members (excludes halogenated alkanes) is 16. The van der Waals surface area contributed by atoms with Crippen LogP contribution >= 0.6 is 0 Å². The van der Waals surface area contributed by atoms with Gasteiger partial charge in [-0.1, -0.05) is 122 Å². The summed E-state index contributed by atoms with van der Waals surface area (Å²) in [5.74, 6) is -0.360. The van der Waals surface area contributed by atoms with E-state index in [0.717, 1.165) is 64.2 Å². The van der Waals surface area contributed by atoms with Crippen molar-refractivity contribution < 1.29 is 28.9 Å². The quantitative estimate of drug-likeness (QED) is 0.0786. The summed E-state index contributed by atoms with van der Waals surface area (Å²) >= 11 is 0. The molecule has 0 amide bonds. The molecule has 0 spiro atoms. The van der Waals surface area contributed by atoms with E-state index in [9.17, 15) is 19.4 Å². The van der Waals surface area contributed by atoms with Crippen molar-refractivity contribution in [2.45, 2.75) is 205 Å². The highest BCUT2D eigenvalue weighted by Crippen LogP contribution is 2.28. The van der Waals surface area contributed by atoms with Gasteiger partial charge in [0.1, 0.15) is 12.3 Å². The zero-order chi connectivity index (χ0) is 29.7. The van der Waals surface area contributed by atoms with E-state index < -0.39 is 18.4 Å². The Kier molecular flexibility index (Phi) is 19.9. The number of aliphatic hydroxyl groups is 2. The standard InChI is InChI=1S/C35H63FO5/c1-3-4-5-6-7-8-9-13-16-19-22-31(37)33-24-25-34(41-33)32(38)23-20-17-14-11-10-12-15-18-21-30(36)27-29-26-28(2)40-35(29)39/h26,28,30-34,37-38H,3-25,27H2,1-2H3/t28-,30-,31+,32+,33+,34+/m0/s1. The molecule has 6 heteroatoms. The molecule has 240 valence electrons. The van der Waals surface area contributed by atoms with Crippen LogP contribution in [0.5, 0.6) is 0 Å². The predicted molar refractivity (Wildman–Crippen MR) is 166 cm³/mol. The Morgan fingerprint density at radius 3 is 1.56 bits per heavy atom. The average Bonchev–Trinajstić information content (AvgIpc) is 3.57. The third kappa shape index (κ3) is 16.4. The van der Waals surface area contributed by atoms with E-state index >= 15 is 0 Å². The van der Waals surface area contributed by atoms with E-state index in [4.69, 9.17) is 9.47 Å². The third-order valence-electron chi connectivity index (χ3n) is 9.00. The van der Waals surface area contributed by atoms with E-state index in [2.05, 4.69) is 6.92 Å². The number of carbonyl (C=O) groups excluding carboxylic acids is 1. The number of esters is 1. The van der Waals surface area contributed by atoms with Crippen molar-refractivity contribution in [1.82, 2.24) is 0 Å². The van der Waals surface area contributed by atoms with Gasteiger partial charge in [0.2, 0.25) is 0 Å². The zero-order valence-electron chi connectivity index (χ0n) is 26.5. The fourth-order valence-corrected chi connectivity index (χ4v) is 6.37. The molecule has 6 atom stereocenters.